The lowest BCUT2D eigenvalue weighted by molar-refractivity contribution is -0.140. The van der Waals surface area contributed by atoms with Gasteiger partial charge in [-0.3, -0.25) is 9.13 Å². The monoisotopic (exact) mass is 368 g/mol. The highest BCUT2D eigenvalue weighted by molar-refractivity contribution is 7.99. The van der Waals surface area contributed by atoms with Crippen molar-refractivity contribution in [2.45, 2.75) is 37.2 Å². The number of carboxylic acids is 1. The zero-order valence-corrected chi connectivity index (χ0v) is 15.5. The summed E-state index contributed by atoms with van der Waals surface area (Å²) in [6.07, 6.45) is 0. The quantitative estimate of drug-likeness (QED) is 0.763. The van der Waals surface area contributed by atoms with Gasteiger partial charge in [-0.05, 0) is 43.2 Å². The second-order valence-electron chi connectivity index (χ2n) is 6.76. The van der Waals surface area contributed by atoms with Gasteiger partial charge in [-0.1, -0.05) is 24.3 Å². The van der Waals surface area contributed by atoms with Gasteiger partial charge < -0.3 is 5.11 Å². The number of imidazole rings is 1. The first kappa shape index (κ1) is 17.0. The molecule has 26 heavy (non-hydrogen) atoms. The minimum absolute atomic E-state index is 0.244. The Morgan fingerprint density at radius 3 is 2.69 bits per heavy atom. The van der Waals surface area contributed by atoms with Crippen molar-refractivity contribution in [2.75, 3.05) is 5.75 Å². The van der Waals surface area contributed by atoms with E-state index in [1.165, 1.54) is 20.6 Å². The van der Waals surface area contributed by atoms with Crippen LogP contribution in [0, 0.1) is 6.92 Å². The van der Waals surface area contributed by atoms with Gasteiger partial charge in [0.2, 0.25) is 0 Å². The largest absolute Gasteiger partial charge is 0.480 e. The van der Waals surface area contributed by atoms with Crippen LogP contribution in [-0.2, 0) is 11.3 Å². The zero-order chi connectivity index (χ0) is 18.4. The van der Waals surface area contributed by atoms with Crippen molar-refractivity contribution in [1.82, 2.24) is 9.13 Å². The number of nitrogens with zero attached hydrogens (tertiary/aromatic N) is 2. The molecule has 3 aromatic rings. The molecular formula is C20H20N2O3S. The highest BCUT2D eigenvalue weighted by Gasteiger charge is 2.28. The van der Waals surface area contributed by atoms with Gasteiger partial charge in [0, 0.05) is 23.1 Å². The number of carbonyl (C=O) groups is 1. The summed E-state index contributed by atoms with van der Waals surface area (Å²) in [4.78, 5) is 25.8. The maximum atomic E-state index is 13.1. The van der Waals surface area contributed by atoms with Gasteiger partial charge in [-0.2, -0.15) is 0 Å². The van der Waals surface area contributed by atoms with E-state index in [1.807, 2.05) is 36.0 Å². The predicted octanol–water partition coefficient (Wildman–Crippen LogP) is 3.65. The van der Waals surface area contributed by atoms with Crippen LogP contribution in [0.4, 0.5) is 0 Å². The summed E-state index contributed by atoms with van der Waals surface area (Å²) in [7, 11) is 0. The van der Waals surface area contributed by atoms with Gasteiger partial charge in [-0.15, -0.1) is 11.8 Å². The molecule has 4 rings (SSSR count). The first-order chi connectivity index (χ1) is 12.5. The van der Waals surface area contributed by atoms with E-state index >= 15 is 0 Å². The molecule has 0 amide bonds. The van der Waals surface area contributed by atoms with Crippen LogP contribution in [0.2, 0.25) is 0 Å². The Morgan fingerprint density at radius 1 is 1.23 bits per heavy atom. The van der Waals surface area contributed by atoms with Gasteiger partial charge in [0.25, 0.3) is 0 Å². The molecule has 0 spiro atoms. The van der Waals surface area contributed by atoms with Crippen molar-refractivity contribution < 1.29 is 9.90 Å². The van der Waals surface area contributed by atoms with Crippen LogP contribution in [0.1, 0.15) is 30.0 Å². The summed E-state index contributed by atoms with van der Waals surface area (Å²) in [6.45, 7) is 4.21. The molecule has 0 radical (unpaired) electrons. The number of thioether (sulfide) groups is 1. The second kappa shape index (κ2) is 6.36. The van der Waals surface area contributed by atoms with Crippen molar-refractivity contribution >= 4 is 28.8 Å². The van der Waals surface area contributed by atoms with Gasteiger partial charge in [-0.25, -0.2) is 9.59 Å². The Kier molecular flexibility index (Phi) is 4.15. The second-order valence-corrected chi connectivity index (χ2v) is 7.82. The third-order valence-electron chi connectivity index (χ3n) is 5.15. The Labute approximate surface area is 155 Å². The molecule has 1 aromatic heterocycles. The Hall–Kier alpha value is -2.47. The lowest BCUT2D eigenvalue weighted by Crippen LogP contribution is -2.31. The Bertz CT molecular complexity index is 1070. The molecular weight excluding hydrogens is 348 g/mol. The number of fused-ring (bicyclic) bond motifs is 2. The number of hydrogen-bond donors (Lipinski definition) is 1. The van der Waals surface area contributed by atoms with Crippen LogP contribution in [0.15, 0.2) is 52.2 Å². The third kappa shape index (κ3) is 2.56. The molecule has 0 saturated carbocycles. The van der Waals surface area contributed by atoms with E-state index in [0.29, 0.717) is 12.1 Å². The molecule has 1 unspecified atom stereocenters. The van der Waals surface area contributed by atoms with Crippen molar-refractivity contribution in [1.29, 1.82) is 0 Å². The highest BCUT2D eigenvalue weighted by atomic mass is 32.2. The number of benzene rings is 2. The molecule has 0 fully saturated rings. The lowest BCUT2D eigenvalue weighted by Gasteiger charge is -2.14. The lowest BCUT2D eigenvalue weighted by atomic mass is 9.96. The number of rotatable bonds is 4. The van der Waals surface area contributed by atoms with Crippen molar-refractivity contribution in [3.05, 3.63) is 64.1 Å². The molecule has 1 aliphatic heterocycles. The topological polar surface area (TPSA) is 64.2 Å². The molecule has 6 heteroatoms. The van der Waals surface area contributed by atoms with Gasteiger partial charge in [0.05, 0.1) is 11.0 Å². The molecule has 0 saturated heterocycles. The number of aromatic nitrogens is 2. The van der Waals surface area contributed by atoms with Crippen molar-refractivity contribution in [2.24, 2.45) is 0 Å². The molecule has 1 N–H and O–H groups in total. The molecule has 134 valence electrons. The van der Waals surface area contributed by atoms with E-state index in [1.54, 1.807) is 11.5 Å². The van der Waals surface area contributed by atoms with E-state index in [4.69, 9.17) is 0 Å². The maximum absolute atomic E-state index is 13.1. The normalized spacial score (nSPS) is 17.4. The summed E-state index contributed by atoms with van der Waals surface area (Å²) >= 11 is 1.82. The standard InChI is InChI=1S/C20H20N2O3S/c1-12-6-5-9-17-18(12)14(11-26-17)10-21-15-7-3-4-8-16(15)22(20(21)25)13(2)19(23)24/h3-9,13-14H,10-11H2,1-2H3,(H,23,24)/t13-,14?/m0/s1. The Balaban J connectivity index is 1.84. The van der Waals surface area contributed by atoms with Gasteiger partial charge in [0.15, 0.2) is 0 Å². The smallest absolute Gasteiger partial charge is 0.329 e. The van der Waals surface area contributed by atoms with Crippen LogP contribution in [0.3, 0.4) is 0 Å². The minimum atomic E-state index is -1.01. The zero-order valence-electron chi connectivity index (χ0n) is 14.7. The molecule has 1 aliphatic rings. The van der Waals surface area contributed by atoms with Crippen LogP contribution in [0.25, 0.3) is 11.0 Å². The van der Waals surface area contributed by atoms with E-state index < -0.39 is 12.0 Å². The van der Waals surface area contributed by atoms with Crippen LogP contribution >= 0.6 is 11.8 Å². The molecule has 2 aromatic carbocycles. The SMILES string of the molecule is Cc1cccc2c1C(Cn1c(=O)n([C@@H](C)C(=O)O)c3ccccc31)CS2. The summed E-state index contributed by atoms with van der Waals surface area (Å²) in [5.41, 5.74) is 3.76. The van der Waals surface area contributed by atoms with Crippen LogP contribution < -0.4 is 5.69 Å². The predicted molar refractivity (Wildman–Crippen MR) is 103 cm³/mol. The molecule has 0 bridgehead atoms. The van der Waals surface area contributed by atoms with Gasteiger partial charge >= 0.3 is 11.7 Å². The molecule has 5 nitrogen and oxygen atoms in total. The van der Waals surface area contributed by atoms with E-state index in [2.05, 4.69) is 25.1 Å². The fourth-order valence-electron chi connectivity index (χ4n) is 3.83. The minimum Gasteiger partial charge on any atom is -0.480 e. The average Bonchev–Trinajstić information content (AvgIpc) is 3.15. The number of aliphatic carboxylic acids is 1. The fourth-order valence-corrected chi connectivity index (χ4v) is 5.15. The summed E-state index contributed by atoms with van der Waals surface area (Å²) < 4.78 is 3.13. The molecule has 2 atom stereocenters. The highest BCUT2D eigenvalue weighted by Crippen LogP contribution is 2.42. The molecule has 2 heterocycles. The van der Waals surface area contributed by atoms with E-state index in [-0.39, 0.29) is 11.6 Å². The van der Waals surface area contributed by atoms with E-state index in [0.717, 1.165) is 11.3 Å². The first-order valence-electron chi connectivity index (χ1n) is 8.64. The third-order valence-corrected chi connectivity index (χ3v) is 6.39. The molecule has 0 aliphatic carbocycles. The number of para-hydroxylation sites is 2. The van der Waals surface area contributed by atoms with Crippen LogP contribution in [0.5, 0.6) is 0 Å². The van der Waals surface area contributed by atoms with Crippen LogP contribution in [-0.4, -0.2) is 26.0 Å². The van der Waals surface area contributed by atoms with E-state index in [9.17, 15) is 14.7 Å². The number of hydrogen-bond acceptors (Lipinski definition) is 3. The van der Waals surface area contributed by atoms with Crippen molar-refractivity contribution in [3.8, 4) is 0 Å². The summed E-state index contributed by atoms with van der Waals surface area (Å²) in [6, 6.07) is 12.8. The van der Waals surface area contributed by atoms with Gasteiger partial charge in [0.1, 0.15) is 6.04 Å². The fraction of sp³-hybridized carbons (Fsp3) is 0.300. The first-order valence-corrected chi connectivity index (χ1v) is 9.62. The van der Waals surface area contributed by atoms with Crippen molar-refractivity contribution in [3.63, 3.8) is 0 Å². The Morgan fingerprint density at radius 2 is 1.96 bits per heavy atom. The maximum Gasteiger partial charge on any atom is 0.329 e. The number of carboxylic acid groups (broad SMARTS) is 1. The summed E-state index contributed by atoms with van der Waals surface area (Å²) in [5.74, 6) is 0.168. The average molecular weight is 368 g/mol. The number of aryl methyl sites for hydroxylation is 1. The summed E-state index contributed by atoms with van der Waals surface area (Å²) in [5, 5.41) is 9.41.